The Morgan fingerprint density at radius 1 is 1.37 bits per heavy atom. The molecular weight excluding hydrogens is 234 g/mol. The van der Waals surface area contributed by atoms with E-state index in [4.69, 9.17) is 0 Å². The van der Waals surface area contributed by atoms with Gasteiger partial charge in [0.1, 0.15) is 0 Å². The monoisotopic (exact) mass is 267 g/mol. The molecule has 1 fully saturated rings. The highest BCUT2D eigenvalue weighted by atomic mass is 15.3. The summed E-state index contributed by atoms with van der Waals surface area (Å²) in [6.07, 6.45) is 4.84. The van der Waals surface area contributed by atoms with Crippen molar-refractivity contribution < 1.29 is 0 Å². The maximum atomic E-state index is 4.03. The Labute approximate surface area is 120 Å². The van der Waals surface area contributed by atoms with E-state index < -0.39 is 0 Å². The molecule has 0 aliphatic carbocycles. The van der Waals surface area contributed by atoms with Crippen LogP contribution in [0.2, 0.25) is 0 Å². The summed E-state index contributed by atoms with van der Waals surface area (Å²) in [5.41, 5.74) is 1.30. The number of likely N-dealkylation sites (N-methyl/N-ethyl adjacent to an activating group) is 2. The van der Waals surface area contributed by atoms with Crippen LogP contribution >= 0.6 is 0 Å². The van der Waals surface area contributed by atoms with E-state index in [2.05, 4.69) is 49.6 Å². The first-order valence-electron chi connectivity index (χ1n) is 7.79. The zero-order valence-corrected chi connectivity index (χ0v) is 13.4. The molecule has 0 saturated carbocycles. The summed E-state index contributed by atoms with van der Waals surface area (Å²) in [6.45, 7) is 13.1. The van der Waals surface area contributed by atoms with Crippen molar-refractivity contribution in [2.75, 3.05) is 40.3 Å². The summed E-state index contributed by atoms with van der Waals surface area (Å²) in [5.74, 6) is 0. The minimum Gasteiger partial charge on any atom is -0.314 e. The molecule has 1 N–H and O–H groups in total. The number of nitrogens with one attached hydrogen (secondary N) is 1. The van der Waals surface area contributed by atoms with Crippen molar-refractivity contribution in [3.63, 3.8) is 0 Å². The van der Waals surface area contributed by atoms with Crippen molar-refractivity contribution in [1.82, 2.24) is 15.1 Å². The number of allylic oxidation sites excluding steroid dienone is 1. The minimum absolute atomic E-state index is 0.635. The van der Waals surface area contributed by atoms with Crippen LogP contribution in [0.1, 0.15) is 39.5 Å². The Bertz CT molecular complexity index is 265. The third-order valence-electron chi connectivity index (χ3n) is 4.14. The fourth-order valence-corrected chi connectivity index (χ4v) is 2.76. The highest BCUT2D eigenvalue weighted by Crippen LogP contribution is 2.16. The summed E-state index contributed by atoms with van der Waals surface area (Å²) < 4.78 is 0. The van der Waals surface area contributed by atoms with Gasteiger partial charge >= 0.3 is 0 Å². The molecule has 2 atom stereocenters. The first-order valence-corrected chi connectivity index (χ1v) is 7.79. The molecule has 0 amide bonds. The summed E-state index contributed by atoms with van der Waals surface area (Å²) >= 11 is 0. The van der Waals surface area contributed by atoms with E-state index in [0.29, 0.717) is 12.1 Å². The third-order valence-corrected chi connectivity index (χ3v) is 4.14. The Morgan fingerprint density at radius 3 is 2.74 bits per heavy atom. The highest BCUT2D eigenvalue weighted by molar-refractivity contribution is 4.91. The van der Waals surface area contributed by atoms with E-state index in [-0.39, 0.29) is 0 Å². The van der Waals surface area contributed by atoms with Gasteiger partial charge in [0.2, 0.25) is 0 Å². The first-order chi connectivity index (χ1) is 9.02. The van der Waals surface area contributed by atoms with Crippen LogP contribution in [0.15, 0.2) is 12.2 Å². The van der Waals surface area contributed by atoms with Gasteiger partial charge in [0, 0.05) is 31.7 Å². The molecule has 2 unspecified atom stereocenters. The van der Waals surface area contributed by atoms with Crippen LogP contribution in [0.3, 0.4) is 0 Å². The lowest BCUT2D eigenvalue weighted by Crippen LogP contribution is -2.52. The van der Waals surface area contributed by atoms with Gasteiger partial charge in [0.15, 0.2) is 0 Å². The molecule has 0 aromatic rings. The van der Waals surface area contributed by atoms with E-state index in [9.17, 15) is 0 Å². The average molecular weight is 267 g/mol. The molecule has 3 nitrogen and oxygen atoms in total. The number of rotatable bonds is 8. The van der Waals surface area contributed by atoms with E-state index >= 15 is 0 Å². The molecule has 0 aromatic carbocycles. The topological polar surface area (TPSA) is 18.5 Å². The lowest BCUT2D eigenvalue weighted by molar-refractivity contribution is 0.100. The van der Waals surface area contributed by atoms with Gasteiger partial charge in [-0.25, -0.2) is 0 Å². The van der Waals surface area contributed by atoms with Crippen LogP contribution in [0.4, 0.5) is 0 Å². The predicted octanol–water partition coefficient (Wildman–Crippen LogP) is 2.35. The van der Waals surface area contributed by atoms with Gasteiger partial charge in [-0.3, -0.25) is 0 Å². The average Bonchev–Trinajstić information content (AvgIpc) is 2.36. The largest absolute Gasteiger partial charge is 0.314 e. The molecule has 0 bridgehead atoms. The number of hydrogen-bond donors (Lipinski definition) is 1. The summed E-state index contributed by atoms with van der Waals surface area (Å²) in [6, 6.07) is 1.33. The second-order valence-electron chi connectivity index (χ2n) is 6.28. The Kier molecular flexibility index (Phi) is 7.66. The summed E-state index contributed by atoms with van der Waals surface area (Å²) in [7, 11) is 4.51. The summed E-state index contributed by atoms with van der Waals surface area (Å²) in [4.78, 5) is 4.99. The number of hydrogen-bond acceptors (Lipinski definition) is 3. The summed E-state index contributed by atoms with van der Waals surface area (Å²) in [5, 5.41) is 3.72. The van der Waals surface area contributed by atoms with Crippen LogP contribution in [-0.4, -0.2) is 62.2 Å². The van der Waals surface area contributed by atoms with Crippen LogP contribution in [0.25, 0.3) is 0 Å². The van der Waals surface area contributed by atoms with E-state index in [1.807, 2.05) is 0 Å². The normalized spacial score (nSPS) is 23.5. The van der Waals surface area contributed by atoms with Crippen molar-refractivity contribution in [2.24, 2.45) is 0 Å². The zero-order valence-electron chi connectivity index (χ0n) is 13.4. The van der Waals surface area contributed by atoms with Crippen LogP contribution in [-0.2, 0) is 0 Å². The van der Waals surface area contributed by atoms with Crippen molar-refractivity contribution in [3.8, 4) is 0 Å². The molecular formula is C16H33N3. The first kappa shape index (κ1) is 16.7. The van der Waals surface area contributed by atoms with Gasteiger partial charge < -0.3 is 15.1 Å². The predicted molar refractivity (Wildman–Crippen MR) is 84.7 cm³/mol. The second kappa shape index (κ2) is 8.72. The lowest BCUT2D eigenvalue weighted by Gasteiger charge is -2.39. The molecule has 1 heterocycles. The third kappa shape index (κ3) is 6.55. The van der Waals surface area contributed by atoms with Crippen LogP contribution in [0.5, 0.6) is 0 Å². The van der Waals surface area contributed by atoms with Gasteiger partial charge in [-0.1, -0.05) is 12.5 Å². The molecule has 1 saturated heterocycles. The van der Waals surface area contributed by atoms with Crippen LogP contribution in [0, 0.1) is 0 Å². The van der Waals surface area contributed by atoms with Gasteiger partial charge in [0.25, 0.3) is 0 Å². The SMILES string of the molecule is C=C(C)CCC(CC1CN(C)CCN1C)NCCC. The zero-order chi connectivity index (χ0) is 14.3. The Balaban J connectivity index is 2.46. The maximum Gasteiger partial charge on any atom is 0.0235 e. The fraction of sp³-hybridized carbons (Fsp3) is 0.875. The molecule has 19 heavy (non-hydrogen) atoms. The lowest BCUT2D eigenvalue weighted by atomic mass is 9.98. The van der Waals surface area contributed by atoms with Crippen molar-refractivity contribution in [2.45, 2.75) is 51.6 Å². The van der Waals surface area contributed by atoms with E-state index in [1.165, 1.54) is 44.5 Å². The number of nitrogens with zero attached hydrogens (tertiary/aromatic N) is 2. The Morgan fingerprint density at radius 2 is 2.11 bits per heavy atom. The van der Waals surface area contributed by atoms with Gasteiger partial charge in [-0.15, -0.1) is 6.58 Å². The van der Waals surface area contributed by atoms with Crippen molar-refractivity contribution in [1.29, 1.82) is 0 Å². The van der Waals surface area contributed by atoms with Crippen LogP contribution < -0.4 is 5.32 Å². The molecule has 1 aliphatic rings. The second-order valence-corrected chi connectivity index (χ2v) is 6.28. The van der Waals surface area contributed by atoms with Gasteiger partial charge in [-0.05, 0) is 53.2 Å². The standard InChI is InChI=1S/C16H33N3/c1-6-9-17-15(8-7-14(2)3)12-16-13-18(4)10-11-19(16)5/h15-17H,2,6-13H2,1,3-5H3. The van der Waals surface area contributed by atoms with Gasteiger partial charge in [-0.2, -0.15) is 0 Å². The molecule has 3 heteroatoms. The molecule has 1 aliphatic heterocycles. The quantitative estimate of drug-likeness (QED) is 0.681. The van der Waals surface area contributed by atoms with Gasteiger partial charge in [0.05, 0.1) is 0 Å². The Hall–Kier alpha value is -0.380. The highest BCUT2D eigenvalue weighted by Gasteiger charge is 2.24. The molecule has 0 aromatic heterocycles. The van der Waals surface area contributed by atoms with E-state index in [0.717, 1.165) is 13.0 Å². The molecule has 112 valence electrons. The molecule has 0 spiro atoms. The smallest absolute Gasteiger partial charge is 0.0235 e. The minimum atomic E-state index is 0.635. The van der Waals surface area contributed by atoms with Crippen molar-refractivity contribution in [3.05, 3.63) is 12.2 Å². The van der Waals surface area contributed by atoms with E-state index in [1.54, 1.807) is 0 Å². The molecule has 0 radical (unpaired) electrons. The number of piperazine rings is 1. The molecule has 1 rings (SSSR count). The fourth-order valence-electron chi connectivity index (χ4n) is 2.76. The van der Waals surface area contributed by atoms with Crippen molar-refractivity contribution >= 4 is 0 Å². The maximum absolute atomic E-state index is 4.03.